The summed E-state index contributed by atoms with van der Waals surface area (Å²) in [6.45, 7) is 2.08. The summed E-state index contributed by atoms with van der Waals surface area (Å²) in [5, 5.41) is 10.2. The molecule has 0 fully saturated rings. The largest absolute Gasteiger partial charge is 0.487 e. The first-order valence-corrected chi connectivity index (χ1v) is 10.3. The number of benzene rings is 2. The molecule has 0 aliphatic rings. The molecule has 2 heterocycles. The van der Waals surface area contributed by atoms with Crippen molar-refractivity contribution in [3.05, 3.63) is 102 Å². The lowest BCUT2D eigenvalue weighted by Crippen LogP contribution is -2.27. The third-order valence-electron chi connectivity index (χ3n) is 5.00. The van der Waals surface area contributed by atoms with Gasteiger partial charge < -0.3 is 10.1 Å². The molecule has 0 aliphatic heterocycles. The Hall–Kier alpha value is -4.21. The van der Waals surface area contributed by atoms with E-state index in [1.807, 2.05) is 24.3 Å². The number of carbonyl (C=O) groups excluding carboxylic acids is 1. The molecule has 2 aromatic carbocycles. The summed E-state index contributed by atoms with van der Waals surface area (Å²) in [6, 6.07) is 17.3. The molecule has 0 bridgehead atoms. The lowest BCUT2D eigenvalue weighted by molar-refractivity contribution is -0.137. The minimum Gasteiger partial charge on any atom is -0.487 e. The van der Waals surface area contributed by atoms with Gasteiger partial charge in [0, 0.05) is 6.20 Å². The Morgan fingerprint density at radius 3 is 2.65 bits per heavy atom. The van der Waals surface area contributed by atoms with Crippen LogP contribution in [0.5, 0.6) is 5.75 Å². The topological polar surface area (TPSA) is 81.9 Å². The first-order chi connectivity index (χ1) is 16.3. The molecule has 0 radical (unpaired) electrons. The Balaban J connectivity index is 1.44. The maximum Gasteiger partial charge on any atom is 0.418 e. The van der Waals surface area contributed by atoms with Crippen LogP contribution in [0.1, 0.15) is 40.3 Å². The molecule has 1 N–H and O–H groups in total. The summed E-state index contributed by atoms with van der Waals surface area (Å²) >= 11 is 0. The van der Waals surface area contributed by atoms with Crippen LogP contribution in [0.4, 0.5) is 13.2 Å². The molecule has 1 unspecified atom stereocenters. The summed E-state index contributed by atoms with van der Waals surface area (Å²) in [6.07, 6.45) is -1.72. The summed E-state index contributed by atoms with van der Waals surface area (Å²) in [5.74, 6) is 0.0435. The second-order valence-electron chi connectivity index (χ2n) is 7.44. The molecule has 7 nitrogen and oxygen atoms in total. The second-order valence-corrected chi connectivity index (χ2v) is 7.44. The predicted octanol–water partition coefficient (Wildman–Crippen LogP) is 4.75. The van der Waals surface area contributed by atoms with Crippen molar-refractivity contribution < 1.29 is 22.7 Å². The summed E-state index contributed by atoms with van der Waals surface area (Å²) < 4.78 is 46.6. The van der Waals surface area contributed by atoms with Crippen molar-refractivity contribution in [2.45, 2.75) is 25.7 Å². The van der Waals surface area contributed by atoms with Gasteiger partial charge in [0.05, 0.1) is 29.2 Å². The van der Waals surface area contributed by atoms with Crippen LogP contribution in [-0.4, -0.2) is 25.9 Å². The number of nitrogens with one attached hydrogen (secondary N) is 1. The van der Waals surface area contributed by atoms with Crippen molar-refractivity contribution >= 4 is 5.91 Å². The highest BCUT2D eigenvalue weighted by Gasteiger charge is 2.34. The van der Waals surface area contributed by atoms with Gasteiger partial charge in [0.25, 0.3) is 5.91 Å². The number of carbonyl (C=O) groups is 1. The molecule has 4 aromatic rings. The molecule has 0 aliphatic carbocycles. The molecular weight excluding hydrogens is 447 g/mol. The number of halogens is 3. The number of para-hydroxylation sites is 1. The maximum absolute atomic E-state index is 13.3. The van der Waals surface area contributed by atoms with Crippen LogP contribution in [0.25, 0.3) is 5.69 Å². The van der Waals surface area contributed by atoms with Crippen molar-refractivity contribution in [3.8, 4) is 11.4 Å². The van der Waals surface area contributed by atoms with Gasteiger partial charge in [-0.05, 0) is 48.9 Å². The first-order valence-electron chi connectivity index (χ1n) is 10.3. The summed E-state index contributed by atoms with van der Waals surface area (Å²) in [4.78, 5) is 16.9. The van der Waals surface area contributed by atoms with Gasteiger partial charge in [0.15, 0.2) is 5.69 Å². The van der Waals surface area contributed by atoms with E-state index in [1.165, 1.54) is 24.4 Å². The molecule has 0 spiro atoms. The number of rotatable bonds is 7. The third kappa shape index (κ3) is 5.40. The van der Waals surface area contributed by atoms with Crippen LogP contribution < -0.4 is 10.1 Å². The number of aromatic nitrogens is 4. The minimum absolute atomic E-state index is 0.105. The number of ether oxygens (including phenoxy) is 1. The van der Waals surface area contributed by atoms with E-state index < -0.39 is 23.7 Å². The Bertz CT molecular complexity index is 1270. The molecule has 0 saturated carbocycles. The average Bonchev–Trinajstić information content (AvgIpc) is 3.33. The minimum atomic E-state index is -4.57. The van der Waals surface area contributed by atoms with Gasteiger partial charge in [0.1, 0.15) is 12.4 Å². The lowest BCUT2D eigenvalue weighted by atomic mass is 10.1. The van der Waals surface area contributed by atoms with E-state index in [0.717, 1.165) is 22.0 Å². The van der Waals surface area contributed by atoms with Gasteiger partial charge >= 0.3 is 6.18 Å². The summed E-state index contributed by atoms with van der Waals surface area (Å²) in [7, 11) is 0. The van der Waals surface area contributed by atoms with Gasteiger partial charge in [0.2, 0.25) is 0 Å². The van der Waals surface area contributed by atoms with Gasteiger partial charge in [-0.25, -0.2) is 4.68 Å². The average molecular weight is 467 g/mol. The molecular formula is C24H20F3N5O2. The zero-order valence-electron chi connectivity index (χ0n) is 18.0. The van der Waals surface area contributed by atoms with E-state index in [2.05, 4.69) is 20.6 Å². The van der Waals surface area contributed by atoms with Crippen LogP contribution in [0.2, 0.25) is 0 Å². The van der Waals surface area contributed by atoms with Gasteiger partial charge in [-0.2, -0.15) is 13.2 Å². The normalized spacial score (nSPS) is 12.2. The summed E-state index contributed by atoms with van der Waals surface area (Å²) in [5.41, 5.74) is 0.368. The van der Waals surface area contributed by atoms with E-state index in [1.54, 1.807) is 31.3 Å². The molecule has 0 saturated heterocycles. The second kappa shape index (κ2) is 9.74. The highest BCUT2D eigenvalue weighted by atomic mass is 19.4. The van der Waals surface area contributed by atoms with E-state index in [9.17, 15) is 18.0 Å². The van der Waals surface area contributed by atoms with Gasteiger partial charge in [-0.3, -0.25) is 9.78 Å². The molecule has 1 atom stereocenters. The molecule has 1 amide bonds. The number of amides is 1. The van der Waals surface area contributed by atoms with Crippen molar-refractivity contribution in [3.63, 3.8) is 0 Å². The smallest absolute Gasteiger partial charge is 0.418 e. The molecule has 10 heteroatoms. The Labute approximate surface area is 193 Å². The van der Waals surface area contributed by atoms with Crippen molar-refractivity contribution in [1.29, 1.82) is 0 Å². The van der Waals surface area contributed by atoms with E-state index >= 15 is 0 Å². The molecule has 4 rings (SSSR count). The maximum atomic E-state index is 13.3. The fraction of sp³-hybridized carbons (Fsp3) is 0.167. The monoisotopic (exact) mass is 467 g/mol. The van der Waals surface area contributed by atoms with Crippen molar-refractivity contribution in [1.82, 2.24) is 25.3 Å². The number of nitrogens with zero attached hydrogens (tertiary/aromatic N) is 4. The Kier molecular flexibility index (Phi) is 6.58. The third-order valence-corrected chi connectivity index (χ3v) is 5.00. The van der Waals surface area contributed by atoms with Crippen LogP contribution >= 0.6 is 0 Å². The highest BCUT2D eigenvalue weighted by Crippen LogP contribution is 2.33. The number of hydrogen-bond acceptors (Lipinski definition) is 5. The van der Waals surface area contributed by atoms with Crippen LogP contribution in [-0.2, 0) is 12.8 Å². The van der Waals surface area contributed by atoms with Gasteiger partial charge in [-0.1, -0.05) is 35.5 Å². The SMILES string of the molecule is CC(NC(=O)c1cn(-c2ccccc2C(F)(F)F)nn1)c1cccc(OCc2ccccn2)c1. The number of pyridine rings is 1. The van der Waals surface area contributed by atoms with Crippen LogP contribution in [0.3, 0.4) is 0 Å². The Morgan fingerprint density at radius 2 is 1.88 bits per heavy atom. The van der Waals surface area contributed by atoms with Crippen LogP contribution in [0, 0.1) is 0 Å². The first kappa shape index (κ1) is 23.0. The van der Waals surface area contributed by atoms with E-state index in [0.29, 0.717) is 12.4 Å². The highest BCUT2D eigenvalue weighted by molar-refractivity contribution is 5.92. The molecule has 174 valence electrons. The standard InChI is InChI=1S/C24H20F3N5O2/c1-16(17-7-6-9-19(13-17)34-15-18-8-4-5-12-28-18)29-23(33)21-14-32(31-30-21)22-11-3-2-10-20(22)24(25,26)27/h2-14,16H,15H2,1H3,(H,29,33). The fourth-order valence-corrected chi connectivity index (χ4v) is 3.27. The van der Waals surface area contributed by atoms with E-state index in [-0.39, 0.29) is 11.4 Å². The zero-order valence-corrected chi connectivity index (χ0v) is 18.0. The lowest BCUT2D eigenvalue weighted by Gasteiger charge is -2.15. The fourth-order valence-electron chi connectivity index (χ4n) is 3.27. The van der Waals surface area contributed by atoms with Gasteiger partial charge in [-0.15, -0.1) is 5.10 Å². The van der Waals surface area contributed by atoms with Crippen molar-refractivity contribution in [2.24, 2.45) is 0 Å². The molecule has 34 heavy (non-hydrogen) atoms. The zero-order chi connectivity index (χ0) is 24.1. The van der Waals surface area contributed by atoms with Crippen LogP contribution in [0.15, 0.2) is 79.1 Å². The van der Waals surface area contributed by atoms with Crippen molar-refractivity contribution in [2.75, 3.05) is 0 Å². The van der Waals surface area contributed by atoms with E-state index in [4.69, 9.17) is 4.74 Å². The quantitative estimate of drug-likeness (QED) is 0.424. The predicted molar refractivity (Wildman–Crippen MR) is 117 cm³/mol. The number of alkyl halides is 3. The Morgan fingerprint density at radius 1 is 1.09 bits per heavy atom. The molecule has 2 aromatic heterocycles. The number of hydrogen-bond donors (Lipinski definition) is 1.